The van der Waals surface area contributed by atoms with Gasteiger partial charge in [0, 0.05) is 56.7 Å². The van der Waals surface area contributed by atoms with Crippen LogP contribution in [0.2, 0.25) is 0 Å². The van der Waals surface area contributed by atoms with E-state index in [-0.39, 0.29) is 12.6 Å². The first kappa shape index (κ1) is 22.8. The van der Waals surface area contributed by atoms with Gasteiger partial charge in [0.05, 0.1) is 6.61 Å². The lowest BCUT2D eigenvalue weighted by Gasteiger charge is -2.35. The van der Waals surface area contributed by atoms with Gasteiger partial charge in [0.2, 0.25) is 0 Å². The summed E-state index contributed by atoms with van der Waals surface area (Å²) >= 11 is 0. The molecule has 0 saturated carbocycles. The molecule has 31 heavy (non-hydrogen) atoms. The normalized spacial score (nSPS) is 14.5. The summed E-state index contributed by atoms with van der Waals surface area (Å²) in [6.07, 6.45) is 0. The van der Waals surface area contributed by atoms with E-state index in [1.54, 1.807) is 0 Å². The van der Waals surface area contributed by atoms with Gasteiger partial charge < -0.3 is 26.0 Å². The summed E-state index contributed by atoms with van der Waals surface area (Å²) in [5, 5.41) is 18.2. The van der Waals surface area contributed by atoms with Crippen LogP contribution >= 0.6 is 0 Å². The Hall–Kier alpha value is -2.91. The maximum absolute atomic E-state index is 12.0. The van der Waals surface area contributed by atoms with Crippen LogP contribution in [0.25, 0.3) is 0 Å². The van der Waals surface area contributed by atoms with Crippen LogP contribution in [0, 0.1) is 12.8 Å². The Morgan fingerprint density at radius 2 is 1.87 bits per heavy atom. The Kier molecular flexibility index (Phi) is 8.02. The highest BCUT2D eigenvalue weighted by Gasteiger charge is 2.18. The van der Waals surface area contributed by atoms with E-state index in [0.29, 0.717) is 36.3 Å². The Balaban J connectivity index is 1.64. The molecule has 1 aromatic carbocycles. The number of aliphatic hydroxyl groups excluding tert-OH is 1. The van der Waals surface area contributed by atoms with Crippen molar-refractivity contribution in [2.24, 2.45) is 5.92 Å². The van der Waals surface area contributed by atoms with E-state index in [1.165, 1.54) is 0 Å². The fraction of sp³-hybridized carbons (Fsp3) is 0.500. The fourth-order valence-electron chi connectivity index (χ4n) is 3.41. The van der Waals surface area contributed by atoms with Gasteiger partial charge in [-0.3, -0.25) is 4.90 Å². The molecule has 3 rings (SSSR count). The summed E-state index contributed by atoms with van der Waals surface area (Å²) in [4.78, 5) is 25.6. The number of aliphatic hydroxyl groups is 1. The lowest BCUT2D eigenvalue weighted by Crippen LogP contribution is -2.47. The second-order valence-electron chi connectivity index (χ2n) is 8.15. The molecule has 1 fully saturated rings. The van der Waals surface area contributed by atoms with Crippen LogP contribution in [0.3, 0.4) is 0 Å². The summed E-state index contributed by atoms with van der Waals surface area (Å²) in [7, 11) is 0. The zero-order valence-corrected chi connectivity index (χ0v) is 18.6. The number of amides is 2. The van der Waals surface area contributed by atoms with Crippen molar-refractivity contribution in [2.45, 2.75) is 20.8 Å². The van der Waals surface area contributed by atoms with E-state index in [0.717, 1.165) is 37.7 Å². The molecule has 0 aliphatic carbocycles. The summed E-state index contributed by atoms with van der Waals surface area (Å²) in [6.45, 7) is 11.0. The largest absolute Gasteiger partial charge is 0.395 e. The Morgan fingerprint density at radius 1 is 1.13 bits per heavy atom. The molecule has 0 bridgehead atoms. The van der Waals surface area contributed by atoms with Crippen LogP contribution in [-0.4, -0.2) is 71.9 Å². The van der Waals surface area contributed by atoms with E-state index in [9.17, 15) is 4.79 Å². The van der Waals surface area contributed by atoms with Gasteiger partial charge in [-0.2, -0.15) is 0 Å². The first-order chi connectivity index (χ1) is 14.9. The number of carbonyl (C=O) groups is 1. The van der Waals surface area contributed by atoms with Gasteiger partial charge in [0.15, 0.2) is 0 Å². The molecule has 2 heterocycles. The van der Waals surface area contributed by atoms with Gasteiger partial charge in [0.25, 0.3) is 0 Å². The van der Waals surface area contributed by atoms with Crippen molar-refractivity contribution in [3.63, 3.8) is 0 Å². The molecular formula is C22H33N7O2. The lowest BCUT2D eigenvalue weighted by atomic mass is 10.2. The van der Waals surface area contributed by atoms with Crippen molar-refractivity contribution in [1.82, 2.24) is 20.2 Å². The first-order valence-electron chi connectivity index (χ1n) is 10.8. The minimum Gasteiger partial charge on any atom is -0.395 e. The molecule has 1 aromatic heterocycles. The number of nitrogens with one attached hydrogen (secondary N) is 3. The highest BCUT2D eigenvalue weighted by atomic mass is 16.3. The van der Waals surface area contributed by atoms with Crippen LogP contribution < -0.4 is 20.9 Å². The second-order valence-corrected chi connectivity index (χ2v) is 8.15. The number of piperazine rings is 1. The van der Waals surface area contributed by atoms with Gasteiger partial charge in [0.1, 0.15) is 17.5 Å². The molecule has 0 spiro atoms. The van der Waals surface area contributed by atoms with Gasteiger partial charge in [-0.05, 0) is 31.0 Å². The maximum atomic E-state index is 12.0. The number of nitrogens with zero attached hydrogens (tertiary/aromatic N) is 4. The summed E-state index contributed by atoms with van der Waals surface area (Å²) in [6, 6.07) is 9.27. The topological polar surface area (TPSA) is 106 Å². The summed E-state index contributed by atoms with van der Waals surface area (Å²) in [5.74, 6) is 2.69. The van der Waals surface area contributed by atoms with E-state index < -0.39 is 0 Å². The average Bonchev–Trinajstić information content (AvgIpc) is 2.73. The zero-order valence-electron chi connectivity index (χ0n) is 18.6. The molecule has 1 aliphatic heterocycles. The van der Waals surface area contributed by atoms with Gasteiger partial charge in [-0.25, -0.2) is 14.8 Å². The standard InChI is InChI=1S/C22H33N7O2/c1-16(2)15-23-22(31)27-19-6-4-5-18(13-19)26-20-14-21(25-17(3)24-20)29-9-7-28(8-10-29)11-12-30/h4-6,13-14,16,30H,7-12,15H2,1-3H3,(H2,23,27,31)(H,24,25,26). The van der Waals surface area contributed by atoms with Gasteiger partial charge in [-0.1, -0.05) is 19.9 Å². The number of benzene rings is 1. The third kappa shape index (κ3) is 7.08. The van der Waals surface area contributed by atoms with Crippen molar-refractivity contribution in [3.05, 3.63) is 36.2 Å². The Bertz CT molecular complexity index is 867. The maximum Gasteiger partial charge on any atom is 0.319 e. The van der Waals surface area contributed by atoms with E-state index in [4.69, 9.17) is 5.11 Å². The minimum atomic E-state index is -0.216. The molecular weight excluding hydrogens is 394 g/mol. The predicted molar refractivity (Wildman–Crippen MR) is 124 cm³/mol. The number of hydrogen-bond donors (Lipinski definition) is 4. The molecule has 0 radical (unpaired) electrons. The number of aromatic nitrogens is 2. The fourth-order valence-corrected chi connectivity index (χ4v) is 3.41. The van der Waals surface area contributed by atoms with Gasteiger partial charge >= 0.3 is 6.03 Å². The predicted octanol–water partition coefficient (Wildman–Crippen LogP) is 2.42. The highest BCUT2D eigenvalue weighted by Crippen LogP contribution is 2.23. The SMILES string of the molecule is Cc1nc(Nc2cccc(NC(=O)NCC(C)C)c2)cc(N2CCN(CCO)CC2)n1. The van der Waals surface area contributed by atoms with Crippen LogP contribution in [0.5, 0.6) is 0 Å². The first-order valence-corrected chi connectivity index (χ1v) is 10.8. The van der Waals surface area contributed by atoms with Crippen molar-refractivity contribution < 1.29 is 9.90 Å². The molecule has 2 amide bonds. The molecule has 2 aromatic rings. The van der Waals surface area contributed by atoms with Crippen molar-refractivity contribution in [1.29, 1.82) is 0 Å². The number of β-amino-alcohol motifs (C(OH)–C–C–N with tert-alkyl or cyclic N) is 1. The second kappa shape index (κ2) is 10.9. The van der Waals surface area contributed by atoms with Crippen LogP contribution in [0.1, 0.15) is 19.7 Å². The third-order valence-corrected chi connectivity index (χ3v) is 5.00. The van der Waals surface area contributed by atoms with E-state index in [1.807, 2.05) is 37.3 Å². The van der Waals surface area contributed by atoms with E-state index in [2.05, 4.69) is 49.6 Å². The molecule has 9 heteroatoms. The smallest absolute Gasteiger partial charge is 0.319 e. The number of anilines is 4. The third-order valence-electron chi connectivity index (χ3n) is 5.00. The van der Waals surface area contributed by atoms with Crippen LogP contribution in [-0.2, 0) is 0 Å². The number of rotatable bonds is 8. The molecule has 1 saturated heterocycles. The van der Waals surface area contributed by atoms with Crippen LogP contribution in [0.15, 0.2) is 30.3 Å². The molecule has 1 aliphatic rings. The Morgan fingerprint density at radius 3 is 2.58 bits per heavy atom. The lowest BCUT2D eigenvalue weighted by molar-refractivity contribution is 0.188. The van der Waals surface area contributed by atoms with Crippen LogP contribution in [0.4, 0.5) is 27.8 Å². The van der Waals surface area contributed by atoms with Crippen molar-refractivity contribution in [2.75, 3.05) is 61.4 Å². The monoisotopic (exact) mass is 427 g/mol. The van der Waals surface area contributed by atoms with Crippen molar-refractivity contribution in [3.8, 4) is 0 Å². The quantitative estimate of drug-likeness (QED) is 0.513. The highest BCUT2D eigenvalue weighted by molar-refractivity contribution is 5.89. The summed E-state index contributed by atoms with van der Waals surface area (Å²) < 4.78 is 0. The Labute approximate surface area is 183 Å². The average molecular weight is 428 g/mol. The summed E-state index contributed by atoms with van der Waals surface area (Å²) in [5.41, 5.74) is 1.54. The number of hydrogen-bond acceptors (Lipinski definition) is 7. The molecule has 9 nitrogen and oxygen atoms in total. The molecule has 0 atom stereocenters. The molecule has 4 N–H and O–H groups in total. The van der Waals surface area contributed by atoms with Gasteiger partial charge in [-0.15, -0.1) is 0 Å². The zero-order chi connectivity index (χ0) is 22.2. The van der Waals surface area contributed by atoms with Crippen molar-refractivity contribution >= 4 is 29.0 Å². The minimum absolute atomic E-state index is 0.188. The number of carbonyl (C=O) groups excluding carboxylic acids is 1. The number of aryl methyl sites for hydroxylation is 1. The van der Waals surface area contributed by atoms with E-state index >= 15 is 0 Å². The molecule has 0 unspecified atom stereocenters. The molecule has 168 valence electrons. The number of urea groups is 1.